The van der Waals surface area contributed by atoms with E-state index in [4.69, 9.17) is 21.4 Å². The van der Waals surface area contributed by atoms with Gasteiger partial charge in [0.15, 0.2) is 0 Å². The molecule has 0 saturated carbocycles. The van der Waals surface area contributed by atoms with E-state index in [2.05, 4.69) is 27.7 Å². The molecule has 0 fully saturated rings. The van der Waals surface area contributed by atoms with Gasteiger partial charge in [-0.05, 0) is 57.5 Å². The second-order valence-corrected chi connectivity index (χ2v) is 15.1. The lowest BCUT2D eigenvalue weighted by Crippen LogP contribution is -2.07. The van der Waals surface area contributed by atoms with Gasteiger partial charge in [-0.3, -0.25) is 4.18 Å². The van der Waals surface area contributed by atoms with Crippen LogP contribution in [-0.2, 0) is 14.3 Å². The Hall–Kier alpha value is -0.990. The van der Waals surface area contributed by atoms with E-state index >= 15 is 0 Å². The molecule has 0 aliphatic carbocycles. The highest BCUT2D eigenvalue weighted by Gasteiger charge is 2.13. The standard InChI is InChI=1S/C18H30O3S.3C8H19N/c1-2-3-4-5-6-7-8-9-10-14-17-21-22(19,20)18-15-12-11-13-16-18;3*1-2-3-4-5-6-7-8-9/h11-13,15-16H,2-10,14,17H2,1H3;3*2-9H2,1H3. The van der Waals surface area contributed by atoms with E-state index in [1.807, 2.05) is 0 Å². The second-order valence-electron chi connectivity index (χ2n) is 13.4. The van der Waals surface area contributed by atoms with Crippen molar-refractivity contribution in [1.82, 2.24) is 0 Å². The van der Waals surface area contributed by atoms with Crippen LogP contribution in [0, 0.1) is 0 Å². The van der Waals surface area contributed by atoms with Crippen LogP contribution in [0.25, 0.3) is 0 Å². The van der Waals surface area contributed by atoms with Crippen LogP contribution in [0.5, 0.6) is 0 Å². The fourth-order valence-corrected chi connectivity index (χ4v) is 6.15. The Morgan fingerprint density at radius 3 is 0.959 bits per heavy atom. The molecule has 0 saturated heterocycles. The van der Waals surface area contributed by atoms with Crippen molar-refractivity contribution in [3.05, 3.63) is 30.3 Å². The Morgan fingerprint density at radius 1 is 0.408 bits per heavy atom. The summed E-state index contributed by atoms with van der Waals surface area (Å²) >= 11 is 0. The molecule has 49 heavy (non-hydrogen) atoms. The first-order valence-electron chi connectivity index (χ1n) is 21.0. The lowest BCUT2D eigenvalue weighted by Gasteiger charge is -2.05. The summed E-state index contributed by atoms with van der Waals surface area (Å²) < 4.78 is 28.8. The Bertz CT molecular complexity index is 742. The van der Waals surface area contributed by atoms with Gasteiger partial charge in [0.25, 0.3) is 10.1 Å². The minimum atomic E-state index is -3.57. The van der Waals surface area contributed by atoms with Crippen molar-refractivity contribution in [2.45, 2.75) is 212 Å². The monoisotopic (exact) mass is 714 g/mol. The van der Waals surface area contributed by atoms with E-state index in [-0.39, 0.29) is 11.5 Å². The number of nitrogens with two attached hydrogens (primary N) is 3. The molecule has 0 bridgehead atoms. The molecule has 0 aromatic heterocycles. The van der Waals surface area contributed by atoms with Crippen LogP contribution in [-0.4, -0.2) is 34.7 Å². The maximum atomic E-state index is 11.9. The van der Waals surface area contributed by atoms with Crippen LogP contribution in [0.3, 0.4) is 0 Å². The molecule has 1 rings (SSSR count). The van der Waals surface area contributed by atoms with Gasteiger partial charge in [0.2, 0.25) is 0 Å². The molecule has 6 nitrogen and oxygen atoms in total. The zero-order valence-corrected chi connectivity index (χ0v) is 34.2. The topological polar surface area (TPSA) is 121 Å². The van der Waals surface area contributed by atoms with Gasteiger partial charge < -0.3 is 17.2 Å². The molecule has 0 aliphatic heterocycles. The Balaban J connectivity index is -0.000000651. The third kappa shape index (κ3) is 47.0. The fraction of sp³-hybridized carbons (Fsp3) is 0.857. The summed E-state index contributed by atoms with van der Waals surface area (Å²) in [5.74, 6) is 0. The molecule has 0 amide bonds. The quantitative estimate of drug-likeness (QED) is 0.0520. The first-order chi connectivity index (χ1) is 23.9. The average molecular weight is 714 g/mol. The van der Waals surface area contributed by atoms with Crippen molar-refractivity contribution < 1.29 is 12.6 Å². The lowest BCUT2D eigenvalue weighted by molar-refractivity contribution is 0.306. The first kappa shape index (κ1) is 52.4. The summed E-state index contributed by atoms with van der Waals surface area (Å²) in [6.07, 6.45) is 36.4. The van der Waals surface area contributed by atoms with Crippen LogP contribution in [0.1, 0.15) is 207 Å². The van der Waals surface area contributed by atoms with Crippen LogP contribution in [0.15, 0.2) is 35.2 Å². The molecule has 7 heteroatoms. The van der Waals surface area contributed by atoms with Crippen molar-refractivity contribution in [3.8, 4) is 0 Å². The molecule has 0 atom stereocenters. The van der Waals surface area contributed by atoms with Crippen LogP contribution in [0.2, 0.25) is 0 Å². The molecular weight excluding hydrogens is 627 g/mol. The molecule has 0 radical (unpaired) electrons. The highest BCUT2D eigenvalue weighted by molar-refractivity contribution is 7.86. The minimum Gasteiger partial charge on any atom is -0.330 e. The van der Waals surface area contributed by atoms with E-state index in [1.165, 1.54) is 167 Å². The Morgan fingerprint density at radius 2 is 0.673 bits per heavy atom. The third-order valence-corrected chi connectivity index (χ3v) is 9.77. The van der Waals surface area contributed by atoms with Crippen LogP contribution < -0.4 is 17.2 Å². The molecule has 294 valence electrons. The highest BCUT2D eigenvalue weighted by Crippen LogP contribution is 2.14. The van der Waals surface area contributed by atoms with Gasteiger partial charge in [-0.1, -0.05) is 200 Å². The summed E-state index contributed by atoms with van der Waals surface area (Å²) in [5.41, 5.74) is 16.0. The molecular formula is C42H87N3O3S. The number of unbranched alkanes of at least 4 members (excludes halogenated alkanes) is 24. The predicted molar refractivity (Wildman–Crippen MR) is 219 cm³/mol. The summed E-state index contributed by atoms with van der Waals surface area (Å²) in [7, 11) is -3.57. The Kier molecular flexibility index (Phi) is 50.2. The van der Waals surface area contributed by atoms with Crippen molar-refractivity contribution >= 4 is 10.1 Å². The van der Waals surface area contributed by atoms with Crippen molar-refractivity contribution in [1.29, 1.82) is 0 Å². The van der Waals surface area contributed by atoms with Gasteiger partial charge >= 0.3 is 0 Å². The van der Waals surface area contributed by atoms with Crippen molar-refractivity contribution in [3.63, 3.8) is 0 Å². The molecule has 1 aromatic carbocycles. The largest absolute Gasteiger partial charge is 0.330 e. The van der Waals surface area contributed by atoms with Crippen molar-refractivity contribution in [2.24, 2.45) is 17.2 Å². The van der Waals surface area contributed by atoms with Crippen LogP contribution >= 0.6 is 0 Å². The smallest absolute Gasteiger partial charge is 0.296 e. The van der Waals surface area contributed by atoms with E-state index in [1.54, 1.807) is 30.3 Å². The number of hydrogen-bond acceptors (Lipinski definition) is 6. The number of hydrogen-bond donors (Lipinski definition) is 3. The maximum Gasteiger partial charge on any atom is 0.296 e. The molecule has 0 unspecified atom stereocenters. The first-order valence-corrected chi connectivity index (χ1v) is 22.4. The zero-order chi connectivity index (χ0) is 36.9. The predicted octanol–water partition coefficient (Wildman–Crippen LogP) is 12.2. The lowest BCUT2D eigenvalue weighted by atomic mass is 10.1. The third-order valence-electron chi connectivity index (χ3n) is 8.44. The van der Waals surface area contributed by atoms with Gasteiger partial charge in [0.1, 0.15) is 0 Å². The maximum absolute atomic E-state index is 11.9. The van der Waals surface area contributed by atoms with Gasteiger partial charge in [-0.2, -0.15) is 8.42 Å². The van der Waals surface area contributed by atoms with Gasteiger partial charge in [-0.15, -0.1) is 0 Å². The zero-order valence-electron chi connectivity index (χ0n) is 33.4. The van der Waals surface area contributed by atoms with Gasteiger partial charge in [0.05, 0.1) is 11.5 Å². The van der Waals surface area contributed by atoms with E-state index in [9.17, 15) is 8.42 Å². The SMILES string of the molecule is CCCCCCCCCCCCOS(=O)(=O)c1ccccc1.CCCCCCCCN.CCCCCCCCN.CCCCCCCCN. The summed E-state index contributed by atoms with van der Waals surface area (Å²) in [6, 6.07) is 8.33. The fourth-order valence-electron chi connectivity index (χ4n) is 5.19. The molecule has 0 aliphatic rings. The summed E-state index contributed by atoms with van der Waals surface area (Å²) in [4.78, 5) is 0.238. The van der Waals surface area contributed by atoms with Gasteiger partial charge in [0, 0.05) is 0 Å². The van der Waals surface area contributed by atoms with Crippen molar-refractivity contribution in [2.75, 3.05) is 26.2 Å². The highest BCUT2D eigenvalue weighted by atomic mass is 32.2. The molecule has 6 N–H and O–H groups in total. The molecule has 0 spiro atoms. The second kappa shape index (κ2) is 47.0. The average Bonchev–Trinajstić information content (AvgIpc) is 3.12. The van der Waals surface area contributed by atoms with E-state index < -0.39 is 10.1 Å². The number of benzene rings is 1. The summed E-state index contributed by atoms with van der Waals surface area (Å²) in [6.45, 7) is 11.8. The van der Waals surface area contributed by atoms with E-state index in [0.717, 1.165) is 32.5 Å². The summed E-state index contributed by atoms with van der Waals surface area (Å²) in [5, 5.41) is 0. The normalized spacial score (nSPS) is 10.8. The van der Waals surface area contributed by atoms with Crippen LogP contribution in [0.4, 0.5) is 0 Å². The number of rotatable bonds is 31. The molecule has 0 heterocycles. The Labute approximate surface area is 308 Å². The minimum absolute atomic E-state index is 0.238. The van der Waals surface area contributed by atoms with Gasteiger partial charge in [-0.25, -0.2) is 0 Å². The van der Waals surface area contributed by atoms with E-state index in [0.29, 0.717) is 0 Å². The molecule has 1 aromatic rings.